The molecular formula is C15H21N. The maximum absolute atomic E-state index is 3.64. The Morgan fingerprint density at radius 1 is 1.31 bits per heavy atom. The molecule has 1 N–H and O–H groups in total. The van der Waals surface area contributed by atoms with Crippen LogP contribution in [0.4, 0.5) is 0 Å². The van der Waals surface area contributed by atoms with Crippen LogP contribution in [0.2, 0.25) is 0 Å². The van der Waals surface area contributed by atoms with Crippen molar-refractivity contribution in [2.45, 2.75) is 51.0 Å². The normalized spacial score (nSPS) is 27.6. The number of hydrogen-bond acceptors (Lipinski definition) is 1. The highest BCUT2D eigenvalue weighted by molar-refractivity contribution is 5.44. The maximum atomic E-state index is 3.64. The Bertz CT molecular complexity index is 383. The summed E-state index contributed by atoms with van der Waals surface area (Å²) in [6, 6.07) is 7.58. The molecule has 1 nitrogen and oxygen atoms in total. The minimum atomic E-state index is 0.628. The molecule has 0 aromatic heterocycles. The van der Waals surface area contributed by atoms with E-state index >= 15 is 0 Å². The zero-order valence-corrected chi connectivity index (χ0v) is 10.1. The minimum absolute atomic E-state index is 0.628. The first-order valence-corrected chi connectivity index (χ1v) is 6.75. The number of nitrogens with one attached hydrogen (secondary N) is 1. The van der Waals surface area contributed by atoms with Crippen molar-refractivity contribution in [3.63, 3.8) is 0 Å². The van der Waals surface area contributed by atoms with Crippen LogP contribution in [-0.2, 0) is 6.42 Å². The number of benzene rings is 1. The quantitative estimate of drug-likeness (QED) is 0.795. The third-order valence-electron chi connectivity index (χ3n) is 4.23. The standard InChI is InChI=1S/C15H21N/c1-2-16-14-10-12-7-4-3-6-11-8-5-9-13(14)15(11)12/h5,8-9,12,14,16H,2-4,6-7,10H2,1H3. The van der Waals surface area contributed by atoms with Crippen LogP contribution in [0.25, 0.3) is 0 Å². The van der Waals surface area contributed by atoms with E-state index in [0.29, 0.717) is 6.04 Å². The van der Waals surface area contributed by atoms with Gasteiger partial charge in [0.2, 0.25) is 0 Å². The van der Waals surface area contributed by atoms with Crippen LogP contribution in [0.5, 0.6) is 0 Å². The van der Waals surface area contributed by atoms with Gasteiger partial charge in [-0.25, -0.2) is 0 Å². The number of rotatable bonds is 2. The fourth-order valence-electron chi connectivity index (χ4n) is 3.59. The Morgan fingerprint density at radius 3 is 3.12 bits per heavy atom. The van der Waals surface area contributed by atoms with Gasteiger partial charge in [-0.1, -0.05) is 31.5 Å². The van der Waals surface area contributed by atoms with Crippen molar-refractivity contribution in [3.05, 3.63) is 34.9 Å². The maximum Gasteiger partial charge on any atom is 0.0328 e. The zero-order chi connectivity index (χ0) is 11.0. The fraction of sp³-hybridized carbons (Fsp3) is 0.600. The molecular weight excluding hydrogens is 194 g/mol. The van der Waals surface area contributed by atoms with Crippen LogP contribution in [0.3, 0.4) is 0 Å². The molecule has 0 saturated heterocycles. The average Bonchev–Trinajstić information content (AvgIpc) is 2.52. The van der Waals surface area contributed by atoms with E-state index in [1.165, 1.54) is 32.1 Å². The Hall–Kier alpha value is -0.820. The molecule has 0 spiro atoms. The lowest BCUT2D eigenvalue weighted by atomic mass is 9.95. The van der Waals surface area contributed by atoms with Gasteiger partial charge in [0.25, 0.3) is 0 Å². The summed E-state index contributed by atoms with van der Waals surface area (Å²) in [7, 11) is 0. The molecule has 0 saturated carbocycles. The van der Waals surface area contributed by atoms with Crippen molar-refractivity contribution < 1.29 is 0 Å². The van der Waals surface area contributed by atoms with E-state index in [0.717, 1.165) is 12.5 Å². The van der Waals surface area contributed by atoms with Gasteiger partial charge in [0.1, 0.15) is 0 Å². The molecule has 0 heterocycles. The van der Waals surface area contributed by atoms with E-state index in [9.17, 15) is 0 Å². The molecule has 0 aliphatic heterocycles. The molecule has 0 amide bonds. The predicted octanol–water partition coefficient (Wildman–Crippen LogP) is 3.55. The Labute approximate surface area is 98.3 Å². The second-order valence-electron chi connectivity index (χ2n) is 5.21. The summed E-state index contributed by atoms with van der Waals surface area (Å²) in [5.74, 6) is 0.845. The van der Waals surface area contributed by atoms with E-state index in [4.69, 9.17) is 0 Å². The number of hydrogen-bond donors (Lipinski definition) is 1. The predicted molar refractivity (Wildman–Crippen MR) is 67.8 cm³/mol. The third kappa shape index (κ3) is 1.58. The van der Waals surface area contributed by atoms with Gasteiger partial charge in [-0.3, -0.25) is 0 Å². The Kier molecular flexibility index (Phi) is 2.72. The number of aryl methyl sites for hydroxylation is 1. The van der Waals surface area contributed by atoms with Gasteiger partial charge < -0.3 is 5.32 Å². The fourth-order valence-corrected chi connectivity index (χ4v) is 3.59. The summed E-state index contributed by atoms with van der Waals surface area (Å²) in [5.41, 5.74) is 4.96. The van der Waals surface area contributed by atoms with Crippen molar-refractivity contribution in [1.29, 1.82) is 0 Å². The van der Waals surface area contributed by atoms with Gasteiger partial charge in [-0.15, -0.1) is 0 Å². The van der Waals surface area contributed by atoms with Gasteiger partial charge >= 0.3 is 0 Å². The van der Waals surface area contributed by atoms with Crippen LogP contribution >= 0.6 is 0 Å². The molecule has 0 fully saturated rings. The minimum Gasteiger partial charge on any atom is -0.310 e. The van der Waals surface area contributed by atoms with Crippen molar-refractivity contribution in [3.8, 4) is 0 Å². The van der Waals surface area contributed by atoms with Crippen LogP contribution in [-0.4, -0.2) is 6.54 Å². The van der Waals surface area contributed by atoms with Crippen LogP contribution < -0.4 is 5.32 Å². The Balaban J connectivity index is 2.03. The van der Waals surface area contributed by atoms with Crippen molar-refractivity contribution in [2.24, 2.45) is 0 Å². The highest BCUT2D eigenvalue weighted by Gasteiger charge is 2.32. The topological polar surface area (TPSA) is 12.0 Å². The molecule has 16 heavy (non-hydrogen) atoms. The van der Waals surface area contributed by atoms with E-state index in [2.05, 4.69) is 30.4 Å². The summed E-state index contributed by atoms with van der Waals surface area (Å²) in [5, 5.41) is 3.64. The molecule has 2 unspecified atom stereocenters. The first-order valence-electron chi connectivity index (χ1n) is 6.75. The molecule has 0 bridgehead atoms. The van der Waals surface area contributed by atoms with Crippen LogP contribution in [0.15, 0.2) is 18.2 Å². The van der Waals surface area contributed by atoms with E-state index in [1.54, 1.807) is 16.7 Å². The lowest BCUT2D eigenvalue weighted by Crippen LogP contribution is -2.18. The van der Waals surface area contributed by atoms with Crippen molar-refractivity contribution in [2.75, 3.05) is 6.54 Å². The lowest BCUT2D eigenvalue weighted by molar-refractivity contribution is 0.484. The molecule has 0 radical (unpaired) electrons. The van der Waals surface area contributed by atoms with E-state index in [-0.39, 0.29) is 0 Å². The van der Waals surface area contributed by atoms with Gasteiger partial charge in [0.05, 0.1) is 0 Å². The SMILES string of the molecule is CCNC1CC2CCCCc3cccc1c32. The highest BCUT2D eigenvalue weighted by Crippen LogP contribution is 2.46. The second kappa shape index (κ2) is 4.21. The molecule has 1 aromatic carbocycles. The monoisotopic (exact) mass is 215 g/mol. The first-order chi connectivity index (χ1) is 7.90. The molecule has 2 aliphatic carbocycles. The largest absolute Gasteiger partial charge is 0.310 e. The summed E-state index contributed by atoms with van der Waals surface area (Å²) in [6.45, 7) is 3.30. The molecule has 3 rings (SSSR count). The van der Waals surface area contributed by atoms with Crippen LogP contribution in [0, 0.1) is 0 Å². The zero-order valence-electron chi connectivity index (χ0n) is 10.1. The molecule has 2 atom stereocenters. The Morgan fingerprint density at radius 2 is 2.25 bits per heavy atom. The van der Waals surface area contributed by atoms with Crippen LogP contribution in [0.1, 0.15) is 61.3 Å². The molecule has 1 aromatic rings. The molecule has 86 valence electrons. The van der Waals surface area contributed by atoms with Crippen molar-refractivity contribution in [1.82, 2.24) is 5.32 Å². The highest BCUT2D eigenvalue weighted by atomic mass is 14.9. The summed E-state index contributed by atoms with van der Waals surface area (Å²) >= 11 is 0. The van der Waals surface area contributed by atoms with E-state index in [1.807, 2.05) is 0 Å². The first kappa shape index (κ1) is 10.3. The van der Waals surface area contributed by atoms with Gasteiger partial charge in [-0.2, -0.15) is 0 Å². The van der Waals surface area contributed by atoms with E-state index < -0.39 is 0 Å². The molecule has 2 aliphatic rings. The second-order valence-corrected chi connectivity index (χ2v) is 5.21. The van der Waals surface area contributed by atoms with Crippen molar-refractivity contribution >= 4 is 0 Å². The third-order valence-corrected chi connectivity index (χ3v) is 4.23. The summed E-state index contributed by atoms with van der Waals surface area (Å²) in [6.07, 6.45) is 6.85. The van der Waals surface area contributed by atoms with Gasteiger partial charge in [0.15, 0.2) is 0 Å². The molecule has 1 heteroatoms. The average molecular weight is 215 g/mol. The summed E-state index contributed by atoms with van der Waals surface area (Å²) < 4.78 is 0. The lowest BCUT2D eigenvalue weighted by Gasteiger charge is -2.13. The van der Waals surface area contributed by atoms with Gasteiger partial charge in [0, 0.05) is 6.04 Å². The summed E-state index contributed by atoms with van der Waals surface area (Å²) in [4.78, 5) is 0. The smallest absolute Gasteiger partial charge is 0.0328 e. The van der Waals surface area contributed by atoms with Gasteiger partial charge in [-0.05, 0) is 54.8 Å².